The molecule has 3 N–H and O–H groups in total. The normalized spacial score (nSPS) is 16.6. The molecule has 3 aromatic heterocycles. The van der Waals surface area contributed by atoms with E-state index in [0.29, 0.717) is 12.6 Å². The summed E-state index contributed by atoms with van der Waals surface area (Å²) >= 11 is 0. The van der Waals surface area contributed by atoms with Gasteiger partial charge >= 0.3 is 0 Å². The van der Waals surface area contributed by atoms with Gasteiger partial charge in [-0.1, -0.05) is 0 Å². The number of methoxy groups -OCH3 is 1. The Labute approximate surface area is 187 Å². The second kappa shape index (κ2) is 9.24. The van der Waals surface area contributed by atoms with Crippen LogP contribution in [-0.4, -0.2) is 57.7 Å². The van der Waals surface area contributed by atoms with Crippen LogP contribution in [0.4, 0.5) is 0 Å². The molecule has 1 aliphatic rings. The molecule has 4 heterocycles. The van der Waals surface area contributed by atoms with Gasteiger partial charge in [0.2, 0.25) is 0 Å². The van der Waals surface area contributed by atoms with Crippen LogP contribution in [0.15, 0.2) is 54.9 Å². The van der Waals surface area contributed by atoms with Crippen molar-refractivity contribution >= 4 is 21.9 Å². The van der Waals surface area contributed by atoms with Gasteiger partial charge in [0.1, 0.15) is 5.75 Å². The molecule has 0 saturated carbocycles. The third-order valence-corrected chi connectivity index (χ3v) is 6.39. The molecule has 1 unspecified atom stereocenters. The molecule has 7 heteroatoms. The number of hydrogen-bond donors (Lipinski definition) is 3. The average molecular weight is 432 g/mol. The molecule has 4 aromatic rings. The summed E-state index contributed by atoms with van der Waals surface area (Å²) < 4.78 is 5.36. The Morgan fingerprint density at radius 2 is 1.97 bits per heavy atom. The van der Waals surface area contributed by atoms with E-state index >= 15 is 0 Å². The number of β-amino-alcohol motifs (C(OH)–C–C–N with tert-alkyl or cyclic N) is 1. The summed E-state index contributed by atoms with van der Waals surface area (Å²) in [6.07, 6.45) is 5.16. The van der Waals surface area contributed by atoms with E-state index in [0.717, 1.165) is 71.4 Å². The number of pyridine rings is 2. The van der Waals surface area contributed by atoms with E-state index in [2.05, 4.69) is 37.3 Å². The van der Waals surface area contributed by atoms with Crippen molar-refractivity contribution in [1.29, 1.82) is 0 Å². The Balaban J connectivity index is 1.16. The molecular formula is C25H29N5O2. The Bertz CT molecular complexity index is 1170. The van der Waals surface area contributed by atoms with Gasteiger partial charge in [0.05, 0.1) is 29.8 Å². The molecule has 0 radical (unpaired) electrons. The van der Waals surface area contributed by atoms with Crippen molar-refractivity contribution in [3.63, 3.8) is 0 Å². The molecule has 0 aliphatic carbocycles. The van der Waals surface area contributed by atoms with E-state index in [1.165, 1.54) is 0 Å². The number of nitrogens with one attached hydrogen (secondary N) is 2. The van der Waals surface area contributed by atoms with Crippen LogP contribution in [0.25, 0.3) is 21.9 Å². The molecule has 1 aliphatic heterocycles. The SMILES string of the molecule is COc1ccc2nccc(C(O)CN3CCC(NCc4cc5ncccc5[nH]4)CC3)c2c1. The van der Waals surface area contributed by atoms with Gasteiger partial charge in [-0.3, -0.25) is 9.97 Å². The van der Waals surface area contributed by atoms with E-state index in [-0.39, 0.29) is 0 Å². The summed E-state index contributed by atoms with van der Waals surface area (Å²) in [5.41, 5.74) is 5.03. The quantitative estimate of drug-likeness (QED) is 0.416. The lowest BCUT2D eigenvalue weighted by Crippen LogP contribution is -2.43. The molecule has 1 fully saturated rings. The van der Waals surface area contributed by atoms with Crippen molar-refractivity contribution < 1.29 is 9.84 Å². The number of likely N-dealkylation sites (tertiary alicyclic amines) is 1. The van der Waals surface area contributed by atoms with E-state index in [1.54, 1.807) is 13.3 Å². The first kappa shape index (κ1) is 20.9. The van der Waals surface area contributed by atoms with Crippen LogP contribution in [-0.2, 0) is 6.54 Å². The van der Waals surface area contributed by atoms with Crippen molar-refractivity contribution in [2.75, 3.05) is 26.7 Å². The molecule has 7 nitrogen and oxygen atoms in total. The van der Waals surface area contributed by atoms with Crippen LogP contribution in [0.1, 0.15) is 30.2 Å². The largest absolute Gasteiger partial charge is 0.497 e. The second-order valence-corrected chi connectivity index (χ2v) is 8.49. The van der Waals surface area contributed by atoms with Gasteiger partial charge < -0.3 is 25.0 Å². The van der Waals surface area contributed by atoms with Crippen LogP contribution in [0.3, 0.4) is 0 Å². The van der Waals surface area contributed by atoms with Gasteiger partial charge in [-0.2, -0.15) is 0 Å². The summed E-state index contributed by atoms with van der Waals surface area (Å²) in [5.74, 6) is 0.775. The lowest BCUT2D eigenvalue weighted by molar-refractivity contribution is 0.0948. The van der Waals surface area contributed by atoms with Crippen molar-refractivity contribution in [2.24, 2.45) is 0 Å². The second-order valence-electron chi connectivity index (χ2n) is 8.49. The van der Waals surface area contributed by atoms with E-state index in [1.807, 2.05) is 36.5 Å². The number of benzene rings is 1. The number of rotatable bonds is 7. The molecule has 1 atom stereocenters. The van der Waals surface area contributed by atoms with Crippen LogP contribution in [0.5, 0.6) is 5.75 Å². The zero-order valence-electron chi connectivity index (χ0n) is 18.3. The van der Waals surface area contributed by atoms with Crippen LogP contribution < -0.4 is 10.1 Å². The third kappa shape index (κ3) is 4.46. The van der Waals surface area contributed by atoms with Crippen molar-refractivity contribution in [3.8, 4) is 5.75 Å². The number of nitrogens with zero attached hydrogens (tertiary/aromatic N) is 3. The number of aromatic nitrogens is 3. The highest BCUT2D eigenvalue weighted by atomic mass is 16.5. The molecule has 1 saturated heterocycles. The van der Waals surface area contributed by atoms with Crippen molar-refractivity contribution in [1.82, 2.24) is 25.2 Å². The molecule has 0 bridgehead atoms. The summed E-state index contributed by atoms with van der Waals surface area (Å²) in [4.78, 5) is 14.6. The lowest BCUT2D eigenvalue weighted by atomic mass is 10.0. The summed E-state index contributed by atoms with van der Waals surface area (Å²) in [5, 5.41) is 15.6. The minimum atomic E-state index is -0.559. The highest BCUT2D eigenvalue weighted by Gasteiger charge is 2.22. The Kier molecular flexibility index (Phi) is 6.03. The van der Waals surface area contributed by atoms with Gasteiger partial charge in [0, 0.05) is 42.6 Å². The molecular weight excluding hydrogens is 402 g/mol. The predicted molar refractivity (Wildman–Crippen MR) is 126 cm³/mol. The van der Waals surface area contributed by atoms with Crippen LogP contribution >= 0.6 is 0 Å². The molecule has 1 aromatic carbocycles. The van der Waals surface area contributed by atoms with Gasteiger partial charge in [-0.15, -0.1) is 0 Å². The fraction of sp³-hybridized carbons (Fsp3) is 0.360. The number of aromatic amines is 1. The van der Waals surface area contributed by atoms with Gasteiger partial charge in [-0.25, -0.2) is 0 Å². The number of fused-ring (bicyclic) bond motifs is 2. The topological polar surface area (TPSA) is 86.3 Å². The third-order valence-electron chi connectivity index (χ3n) is 6.39. The maximum absolute atomic E-state index is 11.0. The van der Waals surface area contributed by atoms with E-state index < -0.39 is 6.10 Å². The first-order chi connectivity index (χ1) is 15.7. The van der Waals surface area contributed by atoms with Gasteiger partial charge in [0.15, 0.2) is 0 Å². The monoisotopic (exact) mass is 431 g/mol. The summed E-state index contributed by atoms with van der Waals surface area (Å²) in [6, 6.07) is 14.3. The van der Waals surface area contributed by atoms with Crippen molar-refractivity contribution in [2.45, 2.75) is 31.5 Å². The number of aliphatic hydroxyl groups excluding tert-OH is 1. The highest BCUT2D eigenvalue weighted by Crippen LogP contribution is 2.27. The minimum Gasteiger partial charge on any atom is -0.497 e. The zero-order chi connectivity index (χ0) is 21.9. The van der Waals surface area contributed by atoms with E-state index in [4.69, 9.17) is 4.74 Å². The van der Waals surface area contributed by atoms with Crippen LogP contribution in [0, 0.1) is 0 Å². The summed E-state index contributed by atoms with van der Waals surface area (Å²) in [6.45, 7) is 3.37. The molecule has 166 valence electrons. The maximum Gasteiger partial charge on any atom is 0.119 e. The molecule has 0 amide bonds. The first-order valence-corrected chi connectivity index (χ1v) is 11.2. The number of aliphatic hydroxyl groups is 1. The zero-order valence-corrected chi connectivity index (χ0v) is 18.3. The first-order valence-electron chi connectivity index (χ1n) is 11.2. The number of piperidine rings is 1. The number of ether oxygens (including phenoxy) is 1. The fourth-order valence-electron chi connectivity index (χ4n) is 4.59. The van der Waals surface area contributed by atoms with Crippen molar-refractivity contribution in [3.05, 3.63) is 66.1 Å². The highest BCUT2D eigenvalue weighted by molar-refractivity contribution is 5.83. The lowest BCUT2D eigenvalue weighted by Gasteiger charge is -2.33. The minimum absolute atomic E-state index is 0.480. The smallest absolute Gasteiger partial charge is 0.119 e. The fourth-order valence-corrected chi connectivity index (χ4v) is 4.59. The predicted octanol–water partition coefficient (Wildman–Crippen LogP) is 3.41. The van der Waals surface area contributed by atoms with Gasteiger partial charge in [0.25, 0.3) is 0 Å². The maximum atomic E-state index is 11.0. The average Bonchev–Trinajstić information content (AvgIpc) is 3.26. The Morgan fingerprint density at radius 1 is 1.12 bits per heavy atom. The summed E-state index contributed by atoms with van der Waals surface area (Å²) in [7, 11) is 1.65. The molecule has 5 rings (SSSR count). The van der Waals surface area contributed by atoms with E-state index in [9.17, 15) is 5.11 Å². The van der Waals surface area contributed by atoms with Crippen LogP contribution in [0.2, 0.25) is 0 Å². The Hall–Kier alpha value is -3.00. The standard InChI is InChI=1S/C25H29N5O2/c1-32-19-4-5-22-21(14-19)20(6-10-27-22)25(31)16-30-11-7-17(8-12-30)28-15-18-13-24-23(29-18)3-2-9-26-24/h2-6,9-10,13-14,17,25,28-29,31H,7-8,11-12,15-16H2,1H3. The number of H-pyrrole nitrogens is 1. The molecule has 32 heavy (non-hydrogen) atoms. The number of hydrogen-bond acceptors (Lipinski definition) is 6. The Morgan fingerprint density at radius 3 is 2.78 bits per heavy atom. The molecule has 0 spiro atoms. The van der Waals surface area contributed by atoms with Gasteiger partial charge in [-0.05, 0) is 74.0 Å².